The zero-order chi connectivity index (χ0) is 15.1. The molecule has 0 saturated carbocycles. The summed E-state index contributed by atoms with van der Waals surface area (Å²) in [5, 5.41) is 8.99. The Hall–Kier alpha value is -2.38. The number of likely N-dealkylation sites (N-methyl/N-ethyl adjacent to an activating group) is 1. The van der Waals surface area contributed by atoms with Crippen LogP contribution in [0, 0.1) is 17.2 Å². The van der Waals surface area contributed by atoms with Crippen LogP contribution in [-0.4, -0.2) is 42.6 Å². The third kappa shape index (κ3) is 2.15. The molecule has 4 nitrogen and oxygen atoms in total. The van der Waals surface area contributed by atoms with Gasteiger partial charge < -0.3 is 9.80 Å². The molecule has 0 spiro atoms. The number of rotatable bonds is 2. The molecule has 2 aliphatic heterocycles. The number of likely N-dealkylation sites (tertiary alicyclic amines) is 1. The SMILES string of the molecule is CN1C[C@@H]2CN(c3ccc(-c4cccc(C#N)c4)nc3)C[C@@H]21. The van der Waals surface area contributed by atoms with E-state index < -0.39 is 0 Å². The smallest absolute Gasteiger partial charge is 0.0991 e. The van der Waals surface area contributed by atoms with Gasteiger partial charge in [-0.3, -0.25) is 4.98 Å². The number of benzene rings is 1. The van der Waals surface area contributed by atoms with Crippen LogP contribution >= 0.6 is 0 Å². The normalized spacial score (nSPS) is 23.7. The van der Waals surface area contributed by atoms with Crippen molar-refractivity contribution in [2.45, 2.75) is 6.04 Å². The topological polar surface area (TPSA) is 43.2 Å². The summed E-state index contributed by atoms with van der Waals surface area (Å²) in [7, 11) is 2.20. The lowest BCUT2D eigenvalue weighted by Gasteiger charge is -2.40. The molecule has 2 saturated heterocycles. The van der Waals surface area contributed by atoms with Gasteiger partial charge in [-0.15, -0.1) is 0 Å². The van der Waals surface area contributed by atoms with E-state index in [1.165, 1.54) is 12.2 Å². The van der Waals surface area contributed by atoms with Gasteiger partial charge in [-0.2, -0.15) is 5.26 Å². The summed E-state index contributed by atoms with van der Waals surface area (Å²) in [6.45, 7) is 3.46. The second-order valence-electron chi connectivity index (χ2n) is 6.27. The molecule has 110 valence electrons. The van der Waals surface area contributed by atoms with E-state index in [1.54, 1.807) is 0 Å². The number of hydrogen-bond acceptors (Lipinski definition) is 4. The summed E-state index contributed by atoms with van der Waals surface area (Å²) >= 11 is 0. The van der Waals surface area contributed by atoms with E-state index in [0.29, 0.717) is 11.6 Å². The summed E-state index contributed by atoms with van der Waals surface area (Å²) in [6.07, 6.45) is 1.96. The summed E-state index contributed by atoms with van der Waals surface area (Å²) < 4.78 is 0. The van der Waals surface area contributed by atoms with E-state index in [1.807, 2.05) is 30.5 Å². The van der Waals surface area contributed by atoms with Gasteiger partial charge in [-0.05, 0) is 31.3 Å². The standard InChI is InChI=1S/C18H18N4/c1-21-10-15-11-22(12-18(15)21)16-5-6-17(20-9-16)14-4-2-3-13(7-14)8-19/h2-7,9,15,18H,10-12H2,1H3/t15-,18+/m1/s1. The first-order chi connectivity index (χ1) is 10.7. The fourth-order valence-electron chi connectivity index (χ4n) is 3.60. The number of anilines is 1. The largest absolute Gasteiger partial charge is 0.368 e. The lowest BCUT2D eigenvalue weighted by molar-refractivity contribution is 0.0827. The zero-order valence-electron chi connectivity index (χ0n) is 12.6. The molecule has 2 atom stereocenters. The van der Waals surface area contributed by atoms with Gasteiger partial charge in [0, 0.05) is 37.2 Å². The molecule has 2 aliphatic rings. The molecule has 22 heavy (non-hydrogen) atoms. The monoisotopic (exact) mass is 290 g/mol. The quantitative estimate of drug-likeness (QED) is 0.851. The van der Waals surface area contributed by atoms with E-state index in [2.05, 4.69) is 40.0 Å². The van der Waals surface area contributed by atoms with E-state index in [4.69, 9.17) is 5.26 Å². The molecule has 0 radical (unpaired) electrons. The molecule has 4 heteroatoms. The van der Waals surface area contributed by atoms with Gasteiger partial charge in [0.1, 0.15) is 0 Å². The molecule has 4 rings (SSSR count). The molecular weight excluding hydrogens is 272 g/mol. The molecular formula is C18H18N4. The molecule has 0 bridgehead atoms. The van der Waals surface area contributed by atoms with Crippen molar-refractivity contribution in [1.29, 1.82) is 5.26 Å². The van der Waals surface area contributed by atoms with Crippen LogP contribution in [0.15, 0.2) is 42.6 Å². The van der Waals surface area contributed by atoms with Gasteiger partial charge in [-0.1, -0.05) is 12.1 Å². The number of fused-ring (bicyclic) bond motifs is 1. The maximum absolute atomic E-state index is 8.99. The highest BCUT2D eigenvalue weighted by Crippen LogP contribution is 2.33. The minimum Gasteiger partial charge on any atom is -0.368 e. The van der Waals surface area contributed by atoms with Gasteiger partial charge in [-0.25, -0.2) is 0 Å². The van der Waals surface area contributed by atoms with Gasteiger partial charge in [0.25, 0.3) is 0 Å². The lowest BCUT2D eigenvalue weighted by atomic mass is 9.93. The average molecular weight is 290 g/mol. The van der Waals surface area contributed by atoms with Crippen molar-refractivity contribution in [3.63, 3.8) is 0 Å². The predicted octanol–water partition coefficient (Wildman–Crippen LogP) is 2.37. The second kappa shape index (κ2) is 5.11. The molecule has 0 amide bonds. The van der Waals surface area contributed by atoms with Crippen LogP contribution in [-0.2, 0) is 0 Å². The third-order valence-corrected chi connectivity index (χ3v) is 4.90. The minimum atomic E-state index is 0.669. The van der Waals surface area contributed by atoms with Crippen molar-refractivity contribution in [2.24, 2.45) is 5.92 Å². The predicted molar refractivity (Wildman–Crippen MR) is 86.5 cm³/mol. The fourth-order valence-corrected chi connectivity index (χ4v) is 3.60. The Bertz CT molecular complexity index is 731. The molecule has 0 unspecified atom stereocenters. The fraction of sp³-hybridized carbons (Fsp3) is 0.333. The number of aromatic nitrogens is 1. The van der Waals surface area contributed by atoms with Gasteiger partial charge >= 0.3 is 0 Å². The molecule has 2 aromatic rings. The van der Waals surface area contributed by atoms with Crippen molar-refractivity contribution in [1.82, 2.24) is 9.88 Å². The van der Waals surface area contributed by atoms with Crippen LogP contribution in [0.2, 0.25) is 0 Å². The van der Waals surface area contributed by atoms with Crippen molar-refractivity contribution in [2.75, 3.05) is 31.6 Å². The maximum atomic E-state index is 8.99. The van der Waals surface area contributed by atoms with E-state index in [9.17, 15) is 0 Å². The molecule has 1 aromatic carbocycles. The van der Waals surface area contributed by atoms with Crippen LogP contribution in [0.1, 0.15) is 5.56 Å². The summed E-state index contributed by atoms with van der Waals surface area (Å²) in [5.74, 6) is 0.817. The average Bonchev–Trinajstić information content (AvgIpc) is 2.92. The number of hydrogen-bond donors (Lipinski definition) is 0. The van der Waals surface area contributed by atoms with Crippen molar-refractivity contribution >= 4 is 5.69 Å². The Morgan fingerprint density at radius 3 is 2.77 bits per heavy atom. The van der Waals surface area contributed by atoms with Crippen molar-refractivity contribution in [3.05, 3.63) is 48.2 Å². The Labute approximate surface area is 130 Å². The molecule has 2 fully saturated rings. The van der Waals surface area contributed by atoms with E-state index >= 15 is 0 Å². The summed E-state index contributed by atoms with van der Waals surface area (Å²) in [4.78, 5) is 9.46. The van der Waals surface area contributed by atoms with Crippen LogP contribution in [0.25, 0.3) is 11.3 Å². The summed E-state index contributed by atoms with van der Waals surface area (Å²) in [6, 6.07) is 14.7. The van der Waals surface area contributed by atoms with Crippen molar-refractivity contribution < 1.29 is 0 Å². The lowest BCUT2D eigenvalue weighted by Crippen LogP contribution is -2.52. The highest BCUT2D eigenvalue weighted by atomic mass is 15.3. The number of nitrogens with zero attached hydrogens (tertiary/aromatic N) is 4. The molecule has 0 aliphatic carbocycles. The molecule has 0 N–H and O–H groups in total. The van der Waals surface area contributed by atoms with Gasteiger partial charge in [0.15, 0.2) is 0 Å². The highest BCUT2D eigenvalue weighted by molar-refractivity contribution is 5.63. The second-order valence-corrected chi connectivity index (χ2v) is 6.27. The van der Waals surface area contributed by atoms with Crippen molar-refractivity contribution in [3.8, 4) is 17.3 Å². The Morgan fingerprint density at radius 1 is 1.18 bits per heavy atom. The molecule has 3 heterocycles. The Kier molecular flexibility index (Phi) is 3.09. The van der Waals surface area contributed by atoms with E-state index in [-0.39, 0.29) is 0 Å². The van der Waals surface area contributed by atoms with Crippen LogP contribution < -0.4 is 4.90 Å². The minimum absolute atomic E-state index is 0.669. The zero-order valence-corrected chi connectivity index (χ0v) is 12.6. The van der Waals surface area contributed by atoms with Gasteiger partial charge in [0.05, 0.1) is 29.2 Å². The van der Waals surface area contributed by atoms with Gasteiger partial charge in [0.2, 0.25) is 0 Å². The molecule has 1 aromatic heterocycles. The first-order valence-electron chi connectivity index (χ1n) is 7.66. The first kappa shape index (κ1) is 13.3. The van der Waals surface area contributed by atoms with Crippen LogP contribution in [0.4, 0.5) is 5.69 Å². The van der Waals surface area contributed by atoms with Crippen LogP contribution in [0.5, 0.6) is 0 Å². The third-order valence-electron chi connectivity index (χ3n) is 4.90. The number of pyridine rings is 1. The number of nitriles is 1. The summed E-state index contributed by atoms with van der Waals surface area (Å²) in [5.41, 5.74) is 3.78. The maximum Gasteiger partial charge on any atom is 0.0991 e. The first-order valence-corrected chi connectivity index (χ1v) is 7.66. The van der Waals surface area contributed by atoms with E-state index in [0.717, 1.165) is 30.3 Å². The van der Waals surface area contributed by atoms with Crippen LogP contribution in [0.3, 0.4) is 0 Å². The highest BCUT2D eigenvalue weighted by Gasteiger charge is 2.43. The Balaban J connectivity index is 1.55. The Morgan fingerprint density at radius 2 is 2.09 bits per heavy atom.